The lowest BCUT2D eigenvalue weighted by molar-refractivity contribution is 0.121. The van der Waals surface area contributed by atoms with Crippen molar-refractivity contribution < 1.29 is 9.50 Å². The van der Waals surface area contributed by atoms with Crippen molar-refractivity contribution in [2.24, 2.45) is 5.92 Å². The standard InChI is InChI=1S/C15H22FNO/c1-3-15(12-4-6-14(16)7-5-12)17-9-8-13(10-17)11(2)18/h4-7,11,13,15,18H,3,8-10H2,1-2H3. The third-order valence-electron chi connectivity index (χ3n) is 4.02. The van der Waals surface area contributed by atoms with Crippen LogP contribution in [-0.2, 0) is 0 Å². The van der Waals surface area contributed by atoms with E-state index in [0.717, 1.165) is 25.9 Å². The fraction of sp³-hybridized carbons (Fsp3) is 0.600. The summed E-state index contributed by atoms with van der Waals surface area (Å²) in [5.41, 5.74) is 1.17. The fourth-order valence-corrected chi connectivity index (χ4v) is 2.88. The Kier molecular flexibility index (Phi) is 4.36. The van der Waals surface area contributed by atoms with Crippen molar-refractivity contribution in [3.05, 3.63) is 35.6 Å². The summed E-state index contributed by atoms with van der Waals surface area (Å²) >= 11 is 0. The van der Waals surface area contributed by atoms with Gasteiger partial charge < -0.3 is 5.11 Å². The lowest BCUT2D eigenvalue weighted by Gasteiger charge is -2.27. The average Bonchev–Trinajstić information content (AvgIpc) is 2.82. The predicted molar refractivity (Wildman–Crippen MR) is 70.8 cm³/mol. The molecule has 0 aliphatic carbocycles. The van der Waals surface area contributed by atoms with Crippen LogP contribution in [0.2, 0.25) is 0 Å². The first-order chi connectivity index (χ1) is 8.61. The van der Waals surface area contributed by atoms with Gasteiger partial charge in [-0.15, -0.1) is 0 Å². The number of likely N-dealkylation sites (tertiary alicyclic amines) is 1. The van der Waals surface area contributed by atoms with Crippen molar-refractivity contribution in [3.63, 3.8) is 0 Å². The van der Waals surface area contributed by atoms with Gasteiger partial charge in [0, 0.05) is 12.6 Å². The number of halogens is 1. The molecule has 1 saturated heterocycles. The lowest BCUT2D eigenvalue weighted by Crippen LogP contribution is -2.28. The summed E-state index contributed by atoms with van der Waals surface area (Å²) in [6, 6.07) is 7.15. The second kappa shape index (κ2) is 5.81. The Labute approximate surface area is 108 Å². The molecule has 0 saturated carbocycles. The molecule has 3 unspecified atom stereocenters. The molecular formula is C15H22FNO. The summed E-state index contributed by atoms with van der Waals surface area (Å²) in [6.07, 6.45) is 1.83. The molecule has 0 spiro atoms. The lowest BCUT2D eigenvalue weighted by atomic mass is 10.0. The second-order valence-corrected chi connectivity index (χ2v) is 5.26. The van der Waals surface area contributed by atoms with Crippen LogP contribution in [0.15, 0.2) is 24.3 Å². The van der Waals surface area contributed by atoms with E-state index in [0.29, 0.717) is 12.0 Å². The molecule has 1 aromatic rings. The second-order valence-electron chi connectivity index (χ2n) is 5.26. The van der Waals surface area contributed by atoms with E-state index in [9.17, 15) is 9.50 Å². The van der Waals surface area contributed by atoms with Gasteiger partial charge >= 0.3 is 0 Å². The van der Waals surface area contributed by atoms with Gasteiger partial charge in [0.25, 0.3) is 0 Å². The van der Waals surface area contributed by atoms with Crippen molar-refractivity contribution in [1.82, 2.24) is 4.90 Å². The molecule has 0 radical (unpaired) electrons. The van der Waals surface area contributed by atoms with E-state index in [1.54, 1.807) is 0 Å². The summed E-state index contributed by atoms with van der Waals surface area (Å²) in [5.74, 6) is 0.191. The summed E-state index contributed by atoms with van der Waals surface area (Å²) in [7, 11) is 0. The molecular weight excluding hydrogens is 229 g/mol. The maximum atomic E-state index is 13.0. The van der Waals surface area contributed by atoms with Crippen LogP contribution in [0.25, 0.3) is 0 Å². The highest BCUT2D eigenvalue weighted by atomic mass is 19.1. The van der Waals surface area contributed by atoms with Gasteiger partial charge in [-0.25, -0.2) is 4.39 Å². The van der Waals surface area contributed by atoms with E-state index >= 15 is 0 Å². The number of aliphatic hydroxyl groups excluding tert-OH is 1. The Morgan fingerprint density at radius 2 is 2.06 bits per heavy atom. The van der Waals surface area contributed by atoms with Crippen molar-refractivity contribution >= 4 is 0 Å². The number of hydrogen-bond donors (Lipinski definition) is 1. The van der Waals surface area contributed by atoms with Crippen LogP contribution in [0.5, 0.6) is 0 Å². The monoisotopic (exact) mass is 251 g/mol. The predicted octanol–water partition coefficient (Wildman–Crippen LogP) is 2.98. The van der Waals surface area contributed by atoms with Crippen molar-refractivity contribution in [2.75, 3.05) is 13.1 Å². The molecule has 1 aliphatic rings. The van der Waals surface area contributed by atoms with E-state index < -0.39 is 0 Å². The summed E-state index contributed by atoms with van der Waals surface area (Å²) < 4.78 is 13.0. The highest BCUT2D eigenvalue weighted by Gasteiger charge is 2.30. The number of aliphatic hydroxyl groups is 1. The summed E-state index contributed by atoms with van der Waals surface area (Å²) in [4.78, 5) is 2.41. The molecule has 2 nitrogen and oxygen atoms in total. The van der Waals surface area contributed by atoms with Gasteiger partial charge in [-0.1, -0.05) is 19.1 Å². The van der Waals surface area contributed by atoms with Crippen molar-refractivity contribution in [2.45, 2.75) is 38.8 Å². The molecule has 1 aromatic carbocycles. The molecule has 3 heteroatoms. The SMILES string of the molecule is CCC(c1ccc(F)cc1)N1CCC(C(C)O)C1. The van der Waals surface area contributed by atoms with Crippen LogP contribution < -0.4 is 0 Å². The highest BCUT2D eigenvalue weighted by molar-refractivity contribution is 5.20. The Morgan fingerprint density at radius 1 is 1.39 bits per heavy atom. The molecule has 18 heavy (non-hydrogen) atoms. The Balaban J connectivity index is 2.08. The molecule has 1 heterocycles. The van der Waals surface area contributed by atoms with Gasteiger partial charge in [0.15, 0.2) is 0 Å². The number of hydrogen-bond acceptors (Lipinski definition) is 2. The van der Waals surface area contributed by atoms with Crippen LogP contribution in [-0.4, -0.2) is 29.2 Å². The van der Waals surface area contributed by atoms with Crippen LogP contribution in [0.1, 0.15) is 38.3 Å². The van der Waals surface area contributed by atoms with Gasteiger partial charge in [0.1, 0.15) is 5.82 Å². The van der Waals surface area contributed by atoms with Gasteiger partial charge in [0.05, 0.1) is 6.10 Å². The number of nitrogens with zero attached hydrogens (tertiary/aromatic N) is 1. The first kappa shape index (κ1) is 13.5. The Bertz CT molecular complexity index is 377. The molecule has 3 atom stereocenters. The third kappa shape index (κ3) is 2.90. The molecule has 0 bridgehead atoms. The summed E-state index contributed by atoms with van der Waals surface area (Å²) in [5, 5.41) is 9.66. The van der Waals surface area contributed by atoms with E-state index in [2.05, 4.69) is 11.8 Å². The minimum absolute atomic E-state index is 0.183. The van der Waals surface area contributed by atoms with E-state index in [-0.39, 0.29) is 11.9 Å². The molecule has 100 valence electrons. The largest absolute Gasteiger partial charge is 0.393 e. The molecule has 1 aliphatic heterocycles. The van der Waals surface area contributed by atoms with Gasteiger partial charge in [-0.2, -0.15) is 0 Å². The first-order valence-electron chi connectivity index (χ1n) is 6.79. The topological polar surface area (TPSA) is 23.5 Å². The van der Waals surface area contributed by atoms with E-state index in [1.807, 2.05) is 19.1 Å². The third-order valence-corrected chi connectivity index (χ3v) is 4.02. The number of rotatable bonds is 4. The minimum atomic E-state index is -0.235. The van der Waals surface area contributed by atoms with Crippen LogP contribution in [0.4, 0.5) is 4.39 Å². The van der Waals surface area contributed by atoms with Gasteiger partial charge in [-0.05, 0) is 49.9 Å². The molecule has 0 amide bonds. The zero-order valence-corrected chi connectivity index (χ0v) is 11.1. The van der Waals surface area contributed by atoms with E-state index in [1.165, 1.54) is 17.7 Å². The smallest absolute Gasteiger partial charge is 0.123 e. The molecule has 2 rings (SSSR count). The molecule has 1 fully saturated rings. The van der Waals surface area contributed by atoms with Gasteiger partial charge in [0.2, 0.25) is 0 Å². The zero-order valence-electron chi connectivity index (χ0n) is 11.1. The maximum absolute atomic E-state index is 13.0. The molecule has 0 aromatic heterocycles. The van der Waals surface area contributed by atoms with Crippen LogP contribution >= 0.6 is 0 Å². The van der Waals surface area contributed by atoms with Crippen molar-refractivity contribution in [1.29, 1.82) is 0 Å². The van der Waals surface area contributed by atoms with Crippen LogP contribution in [0.3, 0.4) is 0 Å². The highest BCUT2D eigenvalue weighted by Crippen LogP contribution is 2.31. The quantitative estimate of drug-likeness (QED) is 0.889. The molecule has 1 N–H and O–H groups in total. The maximum Gasteiger partial charge on any atom is 0.123 e. The normalized spacial score (nSPS) is 24.1. The van der Waals surface area contributed by atoms with Gasteiger partial charge in [-0.3, -0.25) is 4.90 Å². The Hall–Kier alpha value is -0.930. The van der Waals surface area contributed by atoms with E-state index in [4.69, 9.17) is 0 Å². The number of benzene rings is 1. The summed E-state index contributed by atoms with van der Waals surface area (Å²) in [6.45, 7) is 5.98. The zero-order chi connectivity index (χ0) is 13.1. The van der Waals surface area contributed by atoms with Crippen molar-refractivity contribution in [3.8, 4) is 0 Å². The van der Waals surface area contributed by atoms with Crippen LogP contribution in [0, 0.1) is 11.7 Å². The first-order valence-corrected chi connectivity index (χ1v) is 6.79. The fourth-order valence-electron chi connectivity index (χ4n) is 2.88. The Morgan fingerprint density at radius 3 is 2.56 bits per heavy atom. The minimum Gasteiger partial charge on any atom is -0.393 e. The average molecular weight is 251 g/mol.